The summed E-state index contributed by atoms with van der Waals surface area (Å²) < 4.78 is 0.687. The number of halogens is 1. The molecule has 0 saturated heterocycles. The maximum Gasteiger partial charge on any atom is 0.282 e. The van der Waals surface area contributed by atoms with Crippen molar-refractivity contribution in [2.75, 3.05) is 11.9 Å². The average Bonchev–Trinajstić information content (AvgIpc) is 2.84. The van der Waals surface area contributed by atoms with E-state index in [9.17, 15) is 10.1 Å². The van der Waals surface area contributed by atoms with E-state index < -0.39 is 0 Å². The van der Waals surface area contributed by atoms with E-state index in [2.05, 4.69) is 19.2 Å². The molecule has 0 unspecified atom stereocenters. The summed E-state index contributed by atoms with van der Waals surface area (Å²) in [6.07, 6.45) is 6.49. The normalized spacial score (nSPS) is 17.1. The number of nitrogens with zero attached hydrogens (tertiary/aromatic N) is 1. The average molecular weight is 402 g/mol. The van der Waals surface area contributed by atoms with Gasteiger partial charge in [-0.1, -0.05) is 26.7 Å². The van der Waals surface area contributed by atoms with Crippen LogP contribution in [0.15, 0.2) is 18.2 Å². The van der Waals surface area contributed by atoms with Gasteiger partial charge in [-0.25, -0.2) is 0 Å². The molecular weight excluding hydrogens is 379 g/mol. The molecular formula is C16H23IN2O2. The Bertz CT molecular complexity index is 511. The largest absolute Gasteiger partial charge is 0.384 e. The van der Waals surface area contributed by atoms with Gasteiger partial charge in [-0.05, 0) is 65.3 Å². The Hall–Kier alpha value is -0.850. The molecule has 0 spiro atoms. The van der Waals surface area contributed by atoms with Crippen molar-refractivity contribution in [3.63, 3.8) is 0 Å². The van der Waals surface area contributed by atoms with Crippen LogP contribution in [0.4, 0.5) is 11.4 Å². The summed E-state index contributed by atoms with van der Waals surface area (Å²) in [6, 6.07) is 5.28. The Balaban J connectivity index is 2.04. The van der Waals surface area contributed by atoms with E-state index >= 15 is 0 Å². The second kappa shape index (κ2) is 6.94. The molecule has 2 rings (SSSR count). The number of rotatable bonds is 6. The molecule has 1 aliphatic carbocycles. The van der Waals surface area contributed by atoms with Crippen LogP contribution in [0, 0.1) is 25.0 Å². The minimum absolute atomic E-state index is 0.180. The van der Waals surface area contributed by atoms with E-state index in [1.807, 2.05) is 34.7 Å². The number of hydrogen-bond acceptors (Lipinski definition) is 3. The van der Waals surface area contributed by atoms with Gasteiger partial charge in [0, 0.05) is 18.3 Å². The van der Waals surface area contributed by atoms with Crippen LogP contribution in [0.25, 0.3) is 0 Å². The molecule has 1 aromatic carbocycles. The second-order valence-electron chi connectivity index (χ2n) is 6.58. The molecule has 1 fully saturated rings. The van der Waals surface area contributed by atoms with Gasteiger partial charge in [-0.3, -0.25) is 10.1 Å². The van der Waals surface area contributed by atoms with E-state index in [1.165, 1.54) is 32.1 Å². The minimum atomic E-state index is -0.331. The van der Waals surface area contributed by atoms with Crippen molar-refractivity contribution in [1.29, 1.82) is 0 Å². The van der Waals surface area contributed by atoms with Gasteiger partial charge in [0.1, 0.15) is 0 Å². The molecule has 4 nitrogen and oxygen atoms in total. The summed E-state index contributed by atoms with van der Waals surface area (Å²) in [5.74, 6) is 0.710. The lowest BCUT2D eigenvalue weighted by atomic mass is 9.78. The third-order valence-corrected chi connectivity index (χ3v) is 5.18. The van der Waals surface area contributed by atoms with Gasteiger partial charge in [-0.15, -0.1) is 0 Å². The third kappa shape index (κ3) is 4.31. The maximum atomic E-state index is 10.9. The van der Waals surface area contributed by atoms with Crippen LogP contribution >= 0.6 is 22.6 Å². The monoisotopic (exact) mass is 402 g/mol. The van der Waals surface area contributed by atoms with Crippen LogP contribution in [-0.4, -0.2) is 11.5 Å². The van der Waals surface area contributed by atoms with Gasteiger partial charge in [0.2, 0.25) is 0 Å². The van der Waals surface area contributed by atoms with E-state index in [0.717, 1.165) is 12.2 Å². The summed E-state index contributed by atoms with van der Waals surface area (Å²) in [5, 5.41) is 14.4. The number of anilines is 1. The van der Waals surface area contributed by atoms with Gasteiger partial charge in [-0.2, -0.15) is 0 Å². The zero-order valence-corrected chi connectivity index (χ0v) is 14.9. The number of nitro benzene ring substituents is 1. The van der Waals surface area contributed by atoms with Crippen molar-refractivity contribution in [2.24, 2.45) is 11.3 Å². The van der Waals surface area contributed by atoms with Gasteiger partial charge in [0.15, 0.2) is 0 Å². The van der Waals surface area contributed by atoms with E-state index in [0.29, 0.717) is 14.9 Å². The fourth-order valence-corrected chi connectivity index (χ4v) is 4.21. The predicted molar refractivity (Wildman–Crippen MR) is 94.7 cm³/mol. The van der Waals surface area contributed by atoms with Crippen LogP contribution in [0.1, 0.15) is 46.0 Å². The SMILES string of the molecule is CC(C)CC1(CNc2ccc([N+](=O)[O-])c(I)c2)CCCC1. The van der Waals surface area contributed by atoms with Gasteiger partial charge >= 0.3 is 0 Å². The Morgan fingerprint density at radius 2 is 2.05 bits per heavy atom. The van der Waals surface area contributed by atoms with E-state index in [-0.39, 0.29) is 10.6 Å². The summed E-state index contributed by atoms with van der Waals surface area (Å²) >= 11 is 2.03. The highest BCUT2D eigenvalue weighted by atomic mass is 127. The summed E-state index contributed by atoms with van der Waals surface area (Å²) in [7, 11) is 0. The van der Waals surface area contributed by atoms with Crippen molar-refractivity contribution in [1.82, 2.24) is 0 Å². The van der Waals surface area contributed by atoms with Gasteiger partial charge < -0.3 is 5.32 Å². The third-order valence-electron chi connectivity index (χ3n) is 4.32. The first-order valence-electron chi connectivity index (χ1n) is 7.60. The zero-order chi connectivity index (χ0) is 15.5. The highest BCUT2D eigenvalue weighted by Gasteiger charge is 2.34. The van der Waals surface area contributed by atoms with Crippen LogP contribution in [0.5, 0.6) is 0 Å². The Labute approximate surface area is 140 Å². The van der Waals surface area contributed by atoms with Crippen LogP contribution in [0.3, 0.4) is 0 Å². The fraction of sp³-hybridized carbons (Fsp3) is 0.625. The van der Waals surface area contributed by atoms with Crippen molar-refractivity contribution in [3.8, 4) is 0 Å². The molecule has 0 aliphatic heterocycles. The summed E-state index contributed by atoms with van der Waals surface area (Å²) in [5.41, 5.74) is 1.57. The molecule has 0 radical (unpaired) electrons. The summed E-state index contributed by atoms with van der Waals surface area (Å²) in [4.78, 5) is 10.5. The van der Waals surface area contributed by atoms with Crippen molar-refractivity contribution in [2.45, 2.75) is 46.0 Å². The molecule has 1 N–H and O–H groups in total. The first-order valence-corrected chi connectivity index (χ1v) is 8.68. The molecule has 0 aromatic heterocycles. The number of hydrogen-bond donors (Lipinski definition) is 1. The first-order chi connectivity index (χ1) is 9.92. The number of nitro groups is 1. The number of nitrogens with one attached hydrogen (secondary N) is 1. The lowest BCUT2D eigenvalue weighted by Gasteiger charge is -2.31. The maximum absolute atomic E-state index is 10.9. The summed E-state index contributed by atoms with van der Waals surface area (Å²) in [6.45, 7) is 5.54. The molecule has 1 saturated carbocycles. The molecule has 1 aromatic rings. The van der Waals surface area contributed by atoms with Crippen LogP contribution in [0.2, 0.25) is 0 Å². The van der Waals surface area contributed by atoms with E-state index in [4.69, 9.17) is 0 Å². The standard InChI is InChI=1S/C16H23IN2O2/c1-12(2)10-16(7-3-4-8-16)11-18-13-5-6-15(19(20)21)14(17)9-13/h5-6,9,12,18H,3-4,7-8,10-11H2,1-2H3. The Morgan fingerprint density at radius 1 is 1.38 bits per heavy atom. The first kappa shape index (κ1) is 16.5. The van der Waals surface area contributed by atoms with Crippen LogP contribution < -0.4 is 5.32 Å². The Kier molecular flexibility index (Phi) is 5.46. The van der Waals surface area contributed by atoms with Crippen LogP contribution in [-0.2, 0) is 0 Å². The lowest BCUT2D eigenvalue weighted by Crippen LogP contribution is -2.28. The van der Waals surface area contributed by atoms with Gasteiger partial charge in [0.05, 0.1) is 8.49 Å². The van der Waals surface area contributed by atoms with E-state index in [1.54, 1.807) is 6.07 Å². The van der Waals surface area contributed by atoms with Crippen molar-refractivity contribution < 1.29 is 4.92 Å². The molecule has 0 atom stereocenters. The molecule has 0 bridgehead atoms. The quantitative estimate of drug-likeness (QED) is 0.403. The minimum Gasteiger partial charge on any atom is -0.384 e. The molecule has 1 aliphatic rings. The zero-order valence-electron chi connectivity index (χ0n) is 12.7. The molecule has 0 amide bonds. The molecule has 0 heterocycles. The molecule has 116 valence electrons. The lowest BCUT2D eigenvalue weighted by molar-refractivity contribution is -0.385. The topological polar surface area (TPSA) is 55.2 Å². The molecule has 5 heteroatoms. The number of benzene rings is 1. The molecule has 21 heavy (non-hydrogen) atoms. The Morgan fingerprint density at radius 3 is 2.57 bits per heavy atom. The van der Waals surface area contributed by atoms with Gasteiger partial charge in [0.25, 0.3) is 5.69 Å². The predicted octanol–water partition coefficient (Wildman–Crippen LogP) is 5.22. The highest BCUT2D eigenvalue weighted by Crippen LogP contribution is 2.43. The highest BCUT2D eigenvalue weighted by molar-refractivity contribution is 14.1. The smallest absolute Gasteiger partial charge is 0.282 e. The van der Waals surface area contributed by atoms with Crippen molar-refractivity contribution >= 4 is 34.0 Å². The second-order valence-corrected chi connectivity index (χ2v) is 7.74. The van der Waals surface area contributed by atoms with Crippen molar-refractivity contribution in [3.05, 3.63) is 31.9 Å². The fourth-order valence-electron chi connectivity index (χ4n) is 3.50.